The molecule has 17 heavy (non-hydrogen) atoms. The molecule has 2 rings (SSSR count). The van der Waals surface area contributed by atoms with Gasteiger partial charge >= 0.3 is 6.36 Å². The van der Waals surface area contributed by atoms with E-state index in [0.717, 1.165) is 0 Å². The molecule has 1 heterocycles. The van der Waals surface area contributed by atoms with Gasteiger partial charge in [0.15, 0.2) is 0 Å². The Balaban J connectivity index is 2.10. The van der Waals surface area contributed by atoms with Crippen molar-refractivity contribution in [2.75, 3.05) is 13.2 Å². The fourth-order valence-electron chi connectivity index (χ4n) is 1.30. The first-order valence-corrected chi connectivity index (χ1v) is 4.84. The van der Waals surface area contributed by atoms with Crippen LogP contribution in [0.4, 0.5) is 13.2 Å². The minimum absolute atomic E-state index is 0.273. The van der Waals surface area contributed by atoms with Gasteiger partial charge in [0.05, 0.1) is 6.54 Å². The van der Waals surface area contributed by atoms with Crippen LogP contribution in [0.25, 0.3) is 0 Å². The molecule has 7 heteroatoms. The Kier molecular flexibility index (Phi) is 3.08. The molecule has 0 saturated heterocycles. The molecule has 0 aromatic heterocycles. The first-order valence-electron chi connectivity index (χ1n) is 4.84. The molecule has 1 aliphatic heterocycles. The molecule has 1 aromatic carbocycles. The topological polar surface area (TPSA) is 42.8 Å². The van der Waals surface area contributed by atoms with Crippen molar-refractivity contribution in [3.8, 4) is 5.75 Å². The summed E-state index contributed by atoms with van der Waals surface area (Å²) in [5, 5.41) is 3.89. The maximum atomic E-state index is 11.9. The molecular formula is C10H9F3N2O2. The summed E-state index contributed by atoms with van der Waals surface area (Å²) in [5.41, 5.74) is 3.33. The summed E-state index contributed by atoms with van der Waals surface area (Å²) >= 11 is 0. The Morgan fingerprint density at radius 1 is 1.24 bits per heavy atom. The van der Waals surface area contributed by atoms with Crippen LogP contribution in [0.5, 0.6) is 5.75 Å². The quantitative estimate of drug-likeness (QED) is 0.866. The smallest absolute Gasteiger partial charge is 0.474 e. The molecule has 0 unspecified atom stereocenters. The first-order chi connectivity index (χ1) is 8.04. The van der Waals surface area contributed by atoms with Crippen LogP contribution in [0.1, 0.15) is 5.56 Å². The van der Waals surface area contributed by atoms with Crippen molar-refractivity contribution in [1.82, 2.24) is 5.43 Å². The van der Waals surface area contributed by atoms with E-state index < -0.39 is 6.36 Å². The Hall–Kier alpha value is -1.92. The molecule has 0 spiro atoms. The van der Waals surface area contributed by atoms with Crippen LogP contribution in [-0.2, 0) is 4.74 Å². The van der Waals surface area contributed by atoms with Gasteiger partial charge in [0.25, 0.3) is 0 Å². The van der Waals surface area contributed by atoms with Crippen molar-refractivity contribution in [3.63, 3.8) is 0 Å². The Labute approximate surface area is 95.0 Å². The summed E-state index contributed by atoms with van der Waals surface area (Å²) in [7, 11) is 0. The molecule has 0 saturated carbocycles. The van der Waals surface area contributed by atoms with E-state index in [1.165, 1.54) is 24.3 Å². The number of ether oxygens (including phenoxy) is 2. The zero-order valence-electron chi connectivity index (χ0n) is 8.62. The number of benzene rings is 1. The van der Waals surface area contributed by atoms with Crippen LogP contribution in [0.3, 0.4) is 0 Å². The number of nitrogens with one attached hydrogen (secondary N) is 1. The number of hydrogen-bond acceptors (Lipinski definition) is 4. The SMILES string of the molecule is FC(F)(F)Oc1ccc(C2=NNCCO2)cc1. The standard InChI is InChI=1S/C10H9F3N2O2/c11-10(12,13)17-8-3-1-7(2-4-8)9-15-14-5-6-16-9/h1-4,14H,5-6H2. The second-order valence-electron chi connectivity index (χ2n) is 3.25. The van der Waals surface area contributed by atoms with E-state index in [9.17, 15) is 13.2 Å². The third-order valence-corrected chi connectivity index (χ3v) is 1.97. The van der Waals surface area contributed by atoms with Gasteiger partial charge in [0.1, 0.15) is 12.4 Å². The molecule has 0 amide bonds. The van der Waals surface area contributed by atoms with Crippen molar-refractivity contribution in [2.45, 2.75) is 6.36 Å². The van der Waals surface area contributed by atoms with Gasteiger partial charge in [-0.2, -0.15) is 0 Å². The van der Waals surface area contributed by atoms with Crippen LogP contribution in [0, 0.1) is 0 Å². The fraction of sp³-hybridized carbons (Fsp3) is 0.300. The predicted octanol–water partition coefficient (Wildman–Crippen LogP) is 1.87. The van der Waals surface area contributed by atoms with Gasteiger partial charge in [-0.3, -0.25) is 0 Å². The molecule has 1 aromatic rings. The van der Waals surface area contributed by atoms with E-state index in [1.807, 2.05) is 0 Å². The molecule has 0 aliphatic carbocycles. The summed E-state index contributed by atoms with van der Waals surface area (Å²) in [6.45, 7) is 1.08. The van der Waals surface area contributed by atoms with E-state index in [0.29, 0.717) is 24.6 Å². The third-order valence-electron chi connectivity index (χ3n) is 1.97. The lowest BCUT2D eigenvalue weighted by Gasteiger charge is -2.15. The van der Waals surface area contributed by atoms with Gasteiger partial charge in [0, 0.05) is 5.56 Å². The van der Waals surface area contributed by atoms with Crippen LogP contribution < -0.4 is 10.2 Å². The van der Waals surface area contributed by atoms with Crippen LogP contribution >= 0.6 is 0 Å². The van der Waals surface area contributed by atoms with Gasteiger partial charge in [-0.05, 0) is 24.3 Å². The normalized spacial score (nSPS) is 15.6. The van der Waals surface area contributed by atoms with Crippen LogP contribution in [0.2, 0.25) is 0 Å². The molecule has 1 aliphatic rings. The fourth-order valence-corrected chi connectivity index (χ4v) is 1.30. The number of rotatable bonds is 2. The predicted molar refractivity (Wildman–Crippen MR) is 53.6 cm³/mol. The maximum absolute atomic E-state index is 11.9. The molecule has 4 nitrogen and oxygen atoms in total. The molecular weight excluding hydrogens is 237 g/mol. The highest BCUT2D eigenvalue weighted by Gasteiger charge is 2.31. The molecule has 92 valence electrons. The third kappa shape index (κ3) is 3.27. The second kappa shape index (κ2) is 4.52. The number of hydrazone groups is 1. The maximum Gasteiger partial charge on any atom is 0.573 e. The summed E-state index contributed by atoms with van der Waals surface area (Å²) < 4.78 is 44.7. The lowest BCUT2D eigenvalue weighted by atomic mass is 10.2. The van der Waals surface area contributed by atoms with Crippen molar-refractivity contribution in [1.29, 1.82) is 0 Å². The average Bonchev–Trinajstić information content (AvgIpc) is 2.29. The van der Waals surface area contributed by atoms with Crippen molar-refractivity contribution >= 4 is 5.90 Å². The van der Waals surface area contributed by atoms with E-state index >= 15 is 0 Å². The van der Waals surface area contributed by atoms with Gasteiger partial charge in [0.2, 0.25) is 5.90 Å². The zero-order valence-corrected chi connectivity index (χ0v) is 8.62. The van der Waals surface area contributed by atoms with Crippen molar-refractivity contribution in [3.05, 3.63) is 29.8 Å². The van der Waals surface area contributed by atoms with Gasteiger partial charge in [-0.15, -0.1) is 18.3 Å². The highest BCUT2D eigenvalue weighted by molar-refractivity contribution is 5.94. The Bertz CT molecular complexity index is 415. The Morgan fingerprint density at radius 2 is 1.94 bits per heavy atom. The lowest BCUT2D eigenvalue weighted by Crippen LogP contribution is -2.26. The minimum Gasteiger partial charge on any atom is -0.474 e. The summed E-state index contributed by atoms with van der Waals surface area (Å²) in [6.07, 6.45) is -4.68. The molecule has 1 N–H and O–H groups in total. The number of nitrogens with zero attached hydrogens (tertiary/aromatic N) is 1. The summed E-state index contributed by atoms with van der Waals surface area (Å²) in [4.78, 5) is 0. The monoisotopic (exact) mass is 246 g/mol. The number of alkyl halides is 3. The van der Waals surface area contributed by atoms with Gasteiger partial charge < -0.3 is 14.9 Å². The molecule has 0 bridgehead atoms. The van der Waals surface area contributed by atoms with Gasteiger partial charge in [-0.25, -0.2) is 0 Å². The molecule has 0 fully saturated rings. The lowest BCUT2D eigenvalue weighted by molar-refractivity contribution is -0.274. The average molecular weight is 246 g/mol. The van der Waals surface area contributed by atoms with E-state index in [-0.39, 0.29) is 5.75 Å². The highest BCUT2D eigenvalue weighted by Crippen LogP contribution is 2.23. The van der Waals surface area contributed by atoms with Gasteiger partial charge in [-0.1, -0.05) is 0 Å². The molecule has 0 atom stereocenters. The summed E-state index contributed by atoms with van der Waals surface area (Å²) in [6, 6.07) is 5.33. The second-order valence-corrected chi connectivity index (χ2v) is 3.25. The summed E-state index contributed by atoms with van der Waals surface area (Å²) in [5.74, 6) is 0.0837. The first kappa shape index (κ1) is 11.6. The minimum atomic E-state index is -4.68. The molecule has 0 radical (unpaired) electrons. The Morgan fingerprint density at radius 3 is 2.47 bits per heavy atom. The number of hydrogen-bond donors (Lipinski definition) is 1. The van der Waals surface area contributed by atoms with E-state index in [2.05, 4.69) is 15.3 Å². The largest absolute Gasteiger partial charge is 0.573 e. The van der Waals surface area contributed by atoms with E-state index in [4.69, 9.17) is 4.74 Å². The van der Waals surface area contributed by atoms with Crippen LogP contribution in [-0.4, -0.2) is 25.4 Å². The highest BCUT2D eigenvalue weighted by atomic mass is 19.4. The van der Waals surface area contributed by atoms with E-state index in [1.54, 1.807) is 0 Å². The van der Waals surface area contributed by atoms with Crippen molar-refractivity contribution in [2.24, 2.45) is 5.10 Å². The van der Waals surface area contributed by atoms with Crippen LogP contribution in [0.15, 0.2) is 29.4 Å². The zero-order chi connectivity index (χ0) is 12.3. The van der Waals surface area contributed by atoms with Crippen molar-refractivity contribution < 1.29 is 22.6 Å². The number of halogens is 3.